The van der Waals surface area contributed by atoms with E-state index in [0.717, 1.165) is 6.26 Å². The van der Waals surface area contributed by atoms with E-state index in [-0.39, 0.29) is 16.9 Å². The molecule has 0 fully saturated rings. The third-order valence-electron chi connectivity index (χ3n) is 2.11. The molecule has 2 rings (SSSR count). The normalized spacial score (nSPS) is 11.6. The number of nitrogens with two attached hydrogens (primary N) is 1. The highest BCUT2D eigenvalue weighted by Crippen LogP contribution is 2.26. The summed E-state index contributed by atoms with van der Waals surface area (Å²) < 4.78 is 27.7. The number of methoxy groups -OCH3 is 1. The molecule has 0 unspecified atom stereocenters. The molecule has 8 heteroatoms. The summed E-state index contributed by atoms with van der Waals surface area (Å²) in [4.78, 5) is 11.6. The van der Waals surface area contributed by atoms with E-state index in [2.05, 4.69) is 15.0 Å². The van der Waals surface area contributed by atoms with Gasteiger partial charge in [-0.05, 0) is 6.07 Å². The van der Waals surface area contributed by atoms with Crippen LogP contribution in [0.2, 0.25) is 0 Å². The van der Waals surface area contributed by atoms with Crippen LogP contribution in [0.5, 0.6) is 5.88 Å². The molecular weight excluding hydrogens is 244 g/mol. The van der Waals surface area contributed by atoms with Crippen LogP contribution in [-0.4, -0.2) is 36.7 Å². The molecule has 0 aromatic carbocycles. The summed E-state index contributed by atoms with van der Waals surface area (Å²) in [7, 11) is -2.06. The van der Waals surface area contributed by atoms with E-state index in [1.54, 1.807) is 6.07 Å². The Morgan fingerprint density at radius 1 is 1.35 bits per heavy atom. The fourth-order valence-corrected chi connectivity index (χ4v) is 1.90. The second-order valence-corrected chi connectivity index (χ2v) is 5.29. The minimum Gasteiger partial charge on any atom is -0.480 e. The van der Waals surface area contributed by atoms with E-state index >= 15 is 0 Å². The first-order valence-corrected chi connectivity index (χ1v) is 6.49. The van der Waals surface area contributed by atoms with Gasteiger partial charge in [-0.25, -0.2) is 23.4 Å². The van der Waals surface area contributed by atoms with Crippen LogP contribution in [0.1, 0.15) is 0 Å². The van der Waals surface area contributed by atoms with E-state index in [4.69, 9.17) is 10.5 Å². The lowest BCUT2D eigenvalue weighted by molar-refractivity contribution is 0.403. The molecule has 0 saturated heterocycles. The summed E-state index contributed by atoms with van der Waals surface area (Å²) in [5.74, 6) is 0.292. The maximum absolute atomic E-state index is 11.4. The van der Waals surface area contributed by atoms with Gasteiger partial charge in [0.25, 0.3) is 0 Å². The van der Waals surface area contributed by atoms with Gasteiger partial charge in [0.05, 0.1) is 12.6 Å². The van der Waals surface area contributed by atoms with Crippen LogP contribution in [0.15, 0.2) is 17.4 Å². The average molecular weight is 254 g/mol. The quantitative estimate of drug-likeness (QED) is 0.752. The number of pyridine rings is 1. The summed E-state index contributed by atoms with van der Waals surface area (Å²) >= 11 is 0. The standard InChI is InChI=1S/C9H10N4O3S/c1-16-8-6-5(3-4-11-8)12-9(13-7(6)10)17(2,14)15/h3-4H,1-2H3,(H2,10,12,13). The van der Waals surface area contributed by atoms with Gasteiger partial charge in [-0.2, -0.15) is 0 Å². The van der Waals surface area contributed by atoms with Crippen LogP contribution in [0.3, 0.4) is 0 Å². The minimum absolute atomic E-state index is 0.0281. The van der Waals surface area contributed by atoms with E-state index in [1.807, 2.05) is 0 Å². The first-order chi connectivity index (χ1) is 7.93. The van der Waals surface area contributed by atoms with Crippen LogP contribution < -0.4 is 10.5 Å². The van der Waals surface area contributed by atoms with Gasteiger partial charge in [0.1, 0.15) is 11.2 Å². The van der Waals surface area contributed by atoms with Crippen molar-refractivity contribution >= 4 is 26.6 Å². The Hall–Kier alpha value is -1.96. The Balaban J connectivity index is 2.86. The number of anilines is 1. The minimum atomic E-state index is -3.50. The summed E-state index contributed by atoms with van der Waals surface area (Å²) in [6.45, 7) is 0. The zero-order valence-corrected chi connectivity index (χ0v) is 10.0. The lowest BCUT2D eigenvalue weighted by Crippen LogP contribution is -2.07. The molecule has 17 heavy (non-hydrogen) atoms. The number of hydrogen-bond donors (Lipinski definition) is 1. The van der Waals surface area contributed by atoms with Crippen LogP contribution in [0, 0.1) is 0 Å². The molecule has 0 aliphatic heterocycles. The molecule has 2 heterocycles. The SMILES string of the molecule is COc1nccc2nc(S(C)(=O)=O)nc(N)c12. The zero-order valence-electron chi connectivity index (χ0n) is 9.21. The highest BCUT2D eigenvalue weighted by molar-refractivity contribution is 7.90. The van der Waals surface area contributed by atoms with E-state index in [1.165, 1.54) is 13.3 Å². The molecule has 0 amide bonds. The Bertz CT molecular complexity index is 684. The number of ether oxygens (including phenoxy) is 1. The summed E-state index contributed by atoms with van der Waals surface area (Å²) in [6, 6.07) is 1.55. The lowest BCUT2D eigenvalue weighted by Gasteiger charge is -2.06. The number of aromatic nitrogens is 3. The van der Waals surface area contributed by atoms with Gasteiger partial charge >= 0.3 is 0 Å². The van der Waals surface area contributed by atoms with Crippen molar-refractivity contribution in [3.05, 3.63) is 12.3 Å². The van der Waals surface area contributed by atoms with Gasteiger partial charge in [0, 0.05) is 12.5 Å². The van der Waals surface area contributed by atoms with Crippen molar-refractivity contribution in [2.24, 2.45) is 0 Å². The Kier molecular flexibility index (Phi) is 2.58. The lowest BCUT2D eigenvalue weighted by atomic mass is 10.3. The number of fused-ring (bicyclic) bond motifs is 1. The van der Waals surface area contributed by atoms with E-state index < -0.39 is 9.84 Å². The number of hydrogen-bond acceptors (Lipinski definition) is 7. The van der Waals surface area contributed by atoms with Crippen LogP contribution in [-0.2, 0) is 9.84 Å². The van der Waals surface area contributed by atoms with Crippen LogP contribution >= 0.6 is 0 Å². The molecule has 0 aliphatic carbocycles. The van der Waals surface area contributed by atoms with Gasteiger partial charge in [-0.1, -0.05) is 0 Å². The van der Waals surface area contributed by atoms with Gasteiger partial charge in [-0.15, -0.1) is 0 Å². The van der Waals surface area contributed by atoms with E-state index in [9.17, 15) is 8.42 Å². The van der Waals surface area contributed by atoms with E-state index in [0.29, 0.717) is 10.9 Å². The first-order valence-electron chi connectivity index (χ1n) is 4.59. The zero-order chi connectivity index (χ0) is 12.6. The third-order valence-corrected chi connectivity index (χ3v) is 2.95. The molecule has 2 aromatic rings. The molecule has 90 valence electrons. The largest absolute Gasteiger partial charge is 0.480 e. The number of sulfone groups is 1. The van der Waals surface area contributed by atoms with Gasteiger partial charge in [0.15, 0.2) is 0 Å². The molecule has 0 radical (unpaired) electrons. The molecule has 0 spiro atoms. The number of rotatable bonds is 2. The number of nitrogen functional groups attached to an aromatic ring is 1. The van der Waals surface area contributed by atoms with Crippen molar-refractivity contribution in [2.45, 2.75) is 5.16 Å². The third kappa shape index (κ3) is 1.98. The summed E-state index contributed by atoms with van der Waals surface area (Å²) in [5.41, 5.74) is 6.07. The average Bonchev–Trinajstić information content (AvgIpc) is 2.26. The monoisotopic (exact) mass is 254 g/mol. The summed E-state index contributed by atoms with van der Waals surface area (Å²) in [6.07, 6.45) is 2.48. The van der Waals surface area contributed by atoms with Gasteiger partial charge in [-0.3, -0.25) is 0 Å². The molecule has 0 saturated carbocycles. The first kappa shape index (κ1) is 11.5. The number of nitrogens with zero attached hydrogens (tertiary/aromatic N) is 3. The van der Waals surface area contributed by atoms with Crippen molar-refractivity contribution in [3.63, 3.8) is 0 Å². The van der Waals surface area contributed by atoms with Crippen molar-refractivity contribution in [2.75, 3.05) is 19.1 Å². The highest BCUT2D eigenvalue weighted by atomic mass is 32.2. The Morgan fingerprint density at radius 2 is 2.06 bits per heavy atom. The second-order valence-electron chi connectivity index (χ2n) is 3.38. The highest BCUT2D eigenvalue weighted by Gasteiger charge is 2.16. The van der Waals surface area contributed by atoms with Crippen molar-refractivity contribution in [3.8, 4) is 5.88 Å². The second kappa shape index (κ2) is 3.81. The smallest absolute Gasteiger partial charge is 0.249 e. The molecule has 0 bridgehead atoms. The maximum atomic E-state index is 11.4. The van der Waals surface area contributed by atoms with Crippen molar-refractivity contribution in [1.82, 2.24) is 15.0 Å². The predicted octanol–water partition coefficient (Wildman–Crippen LogP) is 0.0191. The molecule has 7 nitrogen and oxygen atoms in total. The predicted molar refractivity (Wildman–Crippen MR) is 61.4 cm³/mol. The van der Waals surface area contributed by atoms with Gasteiger partial charge < -0.3 is 10.5 Å². The molecule has 0 aliphatic rings. The molecule has 2 aromatic heterocycles. The van der Waals surface area contributed by atoms with Crippen molar-refractivity contribution < 1.29 is 13.2 Å². The maximum Gasteiger partial charge on any atom is 0.249 e. The van der Waals surface area contributed by atoms with Crippen LogP contribution in [0.4, 0.5) is 5.82 Å². The van der Waals surface area contributed by atoms with Gasteiger partial charge in [0.2, 0.25) is 20.9 Å². The fourth-order valence-electron chi connectivity index (χ4n) is 1.37. The van der Waals surface area contributed by atoms with Crippen LogP contribution in [0.25, 0.3) is 10.9 Å². The van der Waals surface area contributed by atoms with Crippen molar-refractivity contribution in [1.29, 1.82) is 0 Å². The molecule has 2 N–H and O–H groups in total. The Labute approximate surface area is 97.6 Å². The fraction of sp³-hybridized carbons (Fsp3) is 0.222. The Morgan fingerprint density at radius 3 is 2.65 bits per heavy atom. The summed E-state index contributed by atoms with van der Waals surface area (Å²) in [5, 5.41) is 0.0955. The molecular formula is C9H10N4O3S. The topological polar surface area (TPSA) is 108 Å². The molecule has 0 atom stereocenters.